The fourth-order valence-electron chi connectivity index (χ4n) is 1.41. The van der Waals surface area contributed by atoms with Crippen LogP contribution in [0.2, 0.25) is 5.02 Å². The van der Waals surface area contributed by atoms with E-state index in [2.05, 4.69) is 10.1 Å². The van der Waals surface area contributed by atoms with Gasteiger partial charge >= 0.3 is 0 Å². The number of rotatable bonds is 5. The smallest absolute Gasteiger partial charge is 0.228 e. The predicted molar refractivity (Wildman–Crippen MR) is 72.7 cm³/mol. The maximum Gasteiger partial charge on any atom is 0.228 e. The van der Waals surface area contributed by atoms with Crippen molar-refractivity contribution in [2.75, 3.05) is 0 Å². The monoisotopic (exact) mass is 283 g/mol. The van der Waals surface area contributed by atoms with Crippen molar-refractivity contribution in [3.05, 3.63) is 41.0 Å². The van der Waals surface area contributed by atoms with Crippen molar-refractivity contribution in [1.82, 2.24) is 10.1 Å². The highest BCUT2D eigenvalue weighted by atomic mass is 35.5. The zero-order valence-corrected chi connectivity index (χ0v) is 11.5. The van der Waals surface area contributed by atoms with Gasteiger partial charge < -0.3 is 10.3 Å². The summed E-state index contributed by atoms with van der Waals surface area (Å²) in [5.74, 6) is 1.92. The van der Waals surface area contributed by atoms with Crippen LogP contribution < -0.4 is 5.73 Å². The van der Waals surface area contributed by atoms with E-state index in [9.17, 15) is 0 Å². The molecule has 0 radical (unpaired) electrons. The Bertz CT molecular complexity index is 516. The highest BCUT2D eigenvalue weighted by molar-refractivity contribution is 7.98. The molecular weight excluding hydrogens is 270 g/mol. The minimum absolute atomic E-state index is 0.0267. The van der Waals surface area contributed by atoms with Gasteiger partial charge in [-0.2, -0.15) is 4.98 Å². The topological polar surface area (TPSA) is 64.9 Å². The SMILES string of the molecule is CC(N)Cc1nc(CSc2cccc(Cl)c2)no1. The molecule has 1 unspecified atom stereocenters. The summed E-state index contributed by atoms with van der Waals surface area (Å²) in [6.07, 6.45) is 0.606. The lowest BCUT2D eigenvalue weighted by Crippen LogP contribution is -2.17. The van der Waals surface area contributed by atoms with E-state index in [-0.39, 0.29) is 6.04 Å². The highest BCUT2D eigenvalue weighted by Gasteiger charge is 2.08. The van der Waals surface area contributed by atoms with Crippen LogP contribution in [0.3, 0.4) is 0 Å². The van der Waals surface area contributed by atoms with Crippen molar-refractivity contribution in [3.8, 4) is 0 Å². The van der Waals surface area contributed by atoms with E-state index in [1.807, 2.05) is 31.2 Å². The third-order valence-corrected chi connectivity index (χ3v) is 3.40. The number of hydrogen-bond donors (Lipinski definition) is 1. The third kappa shape index (κ3) is 4.01. The lowest BCUT2D eigenvalue weighted by Gasteiger charge is -1.98. The summed E-state index contributed by atoms with van der Waals surface area (Å²) in [6, 6.07) is 7.71. The zero-order chi connectivity index (χ0) is 13.0. The number of thioether (sulfide) groups is 1. The molecule has 0 saturated carbocycles. The first-order valence-corrected chi connectivity index (χ1v) is 6.95. The molecule has 0 amide bonds. The van der Waals surface area contributed by atoms with Crippen LogP contribution in [0.25, 0.3) is 0 Å². The van der Waals surface area contributed by atoms with Gasteiger partial charge in [-0.25, -0.2) is 0 Å². The van der Waals surface area contributed by atoms with Gasteiger partial charge in [-0.15, -0.1) is 11.8 Å². The second-order valence-electron chi connectivity index (χ2n) is 4.03. The molecule has 0 aliphatic heterocycles. The van der Waals surface area contributed by atoms with Gasteiger partial charge in [0.15, 0.2) is 5.82 Å². The van der Waals surface area contributed by atoms with E-state index in [4.69, 9.17) is 21.9 Å². The molecule has 0 aliphatic rings. The summed E-state index contributed by atoms with van der Waals surface area (Å²) in [5.41, 5.74) is 5.67. The van der Waals surface area contributed by atoms with Crippen molar-refractivity contribution in [3.63, 3.8) is 0 Å². The van der Waals surface area contributed by atoms with Crippen LogP contribution in [0.1, 0.15) is 18.6 Å². The molecular formula is C12H14ClN3OS. The Morgan fingerprint density at radius 1 is 1.50 bits per heavy atom. The normalized spacial score (nSPS) is 12.6. The number of nitrogens with two attached hydrogens (primary N) is 1. The number of aromatic nitrogens is 2. The Balaban J connectivity index is 1.92. The quantitative estimate of drug-likeness (QED) is 0.855. The first kappa shape index (κ1) is 13.4. The van der Waals surface area contributed by atoms with Gasteiger partial charge in [-0.1, -0.05) is 22.8 Å². The van der Waals surface area contributed by atoms with Crippen LogP contribution in [0.5, 0.6) is 0 Å². The lowest BCUT2D eigenvalue weighted by molar-refractivity contribution is 0.368. The Morgan fingerprint density at radius 3 is 3.06 bits per heavy atom. The van der Waals surface area contributed by atoms with Crippen LogP contribution in [-0.4, -0.2) is 16.2 Å². The first-order chi connectivity index (χ1) is 8.63. The molecule has 2 rings (SSSR count). The Hall–Kier alpha value is -1.04. The van der Waals surface area contributed by atoms with E-state index < -0.39 is 0 Å². The average molecular weight is 284 g/mol. The van der Waals surface area contributed by atoms with E-state index >= 15 is 0 Å². The van der Waals surface area contributed by atoms with Crippen LogP contribution in [0.15, 0.2) is 33.7 Å². The minimum Gasteiger partial charge on any atom is -0.339 e. The second-order valence-corrected chi connectivity index (χ2v) is 5.52. The maximum absolute atomic E-state index is 5.91. The van der Waals surface area contributed by atoms with E-state index in [1.54, 1.807) is 11.8 Å². The molecule has 2 aromatic rings. The fourth-order valence-corrected chi connectivity index (χ4v) is 2.46. The number of hydrogen-bond acceptors (Lipinski definition) is 5. The molecule has 0 bridgehead atoms. The summed E-state index contributed by atoms with van der Waals surface area (Å²) in [6.45, 7) is 1.91. The van der Waals surface area contributed by atoms with Crippen molar-refractivity contribution in [2.24, 2.45) is 5.73 Å². The minimum atomic E-state index is 0.0267. The van der Waals surface area contributed by atoms with Gasteiger partial charge in [0.2, 0.25) is 5.89 Å². The summed E-state index contributed by atoms with van der Waals surface area (Å²) in [5, 5.41) is 4.64. The molecule has 0 spiro atoms. The number of benzene rings is 1. The van der Waals surface area contributed by atoms with Crippen molar-refractivity contribution in [2.45, 2.75) is 30.0 Å². The van der Waals surface area contributed by atoms with Crippen molar-refractivity contribution in [1.29, 1.82) is 0 Å². The summed E-state index contributed by atoms with van der Waals surface area (Å²) in [4.78, 5) is 5.36. The highest BCUT2D eigenvalue weighted by Crippen LogP contribution is 2.24. The number of nitrogens with zero attached hydrogens (tertiary/aromatic N) is 2. The van der Waals surface area contributed by atoms with Gasteiger partial charge in [-0.3, -0.25) is 0 Å². The van der Waals surface area contributed by atoms with E-state index in [0.29, 0.717) is 23.9 Å². The molecule has 1 heterocycles. The molecule has 1 aromatic heterocycles. The third-order valence-electron chi connectivity index (χ3n) is 2.17. The van der Waals surface area contributed by atoms with Crippen LogP contribution >= 0.6 is 23.4 Å². The molecule has 1 atom stereocenters. The van der Waals surface area contributed by atoms with Crippen LogP contribution in [-0.2, 0) is 12.2 Å². The largest absolute Gasteiger partial charge is 0.339 e. The molecule has 0 fully saturated rings. The van der Waals surface area contributed by atoms with Gasteiger partial charge in [0.05, 0.1) is 5.75 Å². The van der Waals surface area contributed by atoms with Crippen molar-refractivity contribution >= 4 is 23.4 Å². The maximum atomic E-state index is 5.91. The fraction of sp³-hybridized carbons (Fsp3) is 0.333. The second kappa shape index (κ2) is 6.22. The Kier molecular flexibility index (Phi) is 4.63. The summed E-state index contributed by atoms with van der Waals surface area (Å²) < 4.78 is 5.11. The number of halogens is 1. The summed E-state index contributed by atoms with van der Waals surface area (Å²) in [7, 11) is 0. The molecule has 0 aliphatic carbocycles. The lowest BCUT2D eigenvalue weighted by atomic mass is 10.2. The molecule has 4 nitrogen and oxygen atoms in total. The Morgan fingerprint density at radius 2 is 2.33 bits per heavy atom. The molecule has 6 heteroatoms. The molecule has 96 valence electrons. The molecule has 1 aromatic carbocycles. The van der Waals surface area contributed by atoms with Crippen LogP contribution in [0.4, 0.5) is 0 Å². The van der Waals surface area contributed by atoms with E-state index in [1.165, 1.54) is 0 Å². The molecule has 2 N–H and O–H groups in total. The van der Waals surface area contributed by atoms with Crippen LogP contribution in [0, 0.1) is 0 Å². The van der Waals surface area contributed by atoms with Gasteiger partial charge in [0.25, 0.3) is 0 Å². The first-order valence-electron chi connectivity index (χ1n) is 5.59. The van der Waals surface area contributed by atoms with Gasteiger partial charge in [0, 0.05) is 22.4 Å². The van der Waals surface area contributed by atoms with E-state index in [0.717, 1.165) is 9.92 Å². The summed E-state index contributed by atoms with van der Waals surface area (Å²) >= 11 is 7.53. The standard InChI is InChI=1S/C12H14ClN3OS/c1-8(14)5-12-15-11(16-17-12)7-18-10-4-2-3-9(13)6-10/h2-4,6,8H,5,7,14H2,1H3. The molecule has 0 saturated heterocycles. The zero-order valence-electron chi connectivity index (χ0n) is 9.97. The predicted octanol–water partition coefficient (Wildman–Crippen LogP) is 2.91. The van der Waals surface area contributed by atoms with Crippen molar-refractivity contribution < 1.29 is 4.52 Å². The average Bonchev–Trinajstić information content (AvgIpc) is 2.73. The Labute approximate surface area is 115 Å². The van der Waals surface area contributed by atoms with Gasteiger partial charge in [0.1, 0.15) is 0 Å². The molecule has 18 heavy (non-hydrogen) atoms. The van der Waals surface area contributed by atoms with Gasteiger partial charge in [-0.05, 0) is 25.1 Å².